The molecule has 0 aliphatic carbocycles. The summed E-state index contributed by atoms with van der Waals surface area (Å²) in [6, 6.07) is 2.01. The average molecular weight is 265 g/mol. The maximum atomic E-state index is 10.6. The number of rotatable bonds is 5. The molecule has 1 atom stereocenters. The molecule has 1 unspecified atom stereocenters. The fourth-order valence-corrected chi connectivity index (χ4v) is 2.27. The molecule has 1 aliphatic heterocycles. The molecule has 2 heterocycles. The van der Waals surface area contributed by atoms with Gasteiger partial charge in [-0.25, -0.2) is 4.98 Å². The van der Waals surface area contributed by atoms with Crippen molar-refractivity contribution in [1.29, 1.82) is 0 Å². The van der Waals surface area contributed by atoms with Crippen molar-refractivity contribution in [2.45, 2.75) is 38.6 Å². The predicted octanol–water partition coefficient (Wildman–Crippen LogP) is 2.21. The van der Waals surface area contributed by atoms with Gasteiger partial charge in [-0.15, -0.1) is 0 Å². The molecule has 104 valence electrons. The highest BCUT2D eigenvalue weighted by Crippen LogP contribution is 2.20. The fraction of sp³-hybridized carbons (Fsp3) is 0.615. The summed E-state index contributed by atoms with van der Waals surface area (Å²) in [5, 5.41) is 14.1. The van der Waals surface area contributed by atoms with Gasteiger partial charge >= 0.3 is 0 Å². The van der Waals surface area contributed by atoms with E-state index in [0.29, 0.717) is 24.1 Å². The lowest BCUT2D eigenvalue weighted by atomic mass is 10.0. The van der Waals surface area contributed by atoms with E-state index in [1.807, 2.05) is 0 Å². The van der Waals surface area contributed by atoms with Crippen molar-refractivity contribution < 1.29 is 9.66 Å². The Bertz CT molecular complexity index is 445. The van der Waals surface area contributed by atoms with E-state index >= 15 is 0 Å². The van der Waals surface area contributed by atoms with Gasteiger partial charge in [0, 0.05) is 17.7 Å². The average Bonchev–Trinajstić information content (AvgIpc) is 2.41. The van der Waals surface area contributed by atoms with Gasteiger partial charge < -0.3 is 10.1 Å². The van der Waals surface area contributed by atoms with Crippen LogP contribution >= 0.6 is 0 Å². The summed E-state index contributed by atoms with van der Waals surface area (Å²) in [5.41, 5.74) is 0.699. The van der Waals surface area contributed by atoms with Gasteiger partial charge in [-0.1, -0.05) is 6.42 Å². The largest absolute Gasteiger partial charge is 0.477 e. The number of nitrogens with zero attached hydrogens (tertiary/aromatic N) is 2. The van der Waals surface area contributed by atoms with E-state index in [-0.39, 0.29) is 5.69 Å². The number of pyridine rings is 1. The molecule has 0 radical (unpaired) electrons. The second-order valence-electron chi connectivity index (χ2n) is 4.86. The van der Waals surface area contributed by atoms with Crippen LogP contribution in [0.25, 0.3) is 0 Å². The molecule has 1 aromatic rings. The molecule has 1 aliphatic rings. The molecule has 1 N–H and O–H groups in total. The van der Waals surface area contributed by atoms with E-state index in [1.54, 1.807) is 6.92 Å². The van der Waals surface area contributed by atoms with Gasteiger partial charge in [-0.2, -0.15) is 0 Å². The third-order valence-corrected chi connectivity index (χ3v) is 3.34. The molecular weight excluding hydrogens is 246 g/mol. The van der Waals surface area contributed by atoms with Crippen LogP contribution in [0.2, 0.25) is 0 Å². The van der Waals surface area contributed by atoms with Gasteiger partial charge in [0.25, 0.3) is 5.69 Å². The Morgan fingerprint density at radius 1 is 1.58 bits per heavy atom. The normalized spacial score (nSPS) is 19.1. The predicted molar refractivity (Wildman–Crippen MR) is 71.4 cm³/mol. The first-order valence-corrected chi connectivity index (χ1v) is 6.64. The van der Waals surface area contributed by atoms with Gasteiger partial charge in [-0.3, -0.25) is 10.1 Å². The van der Waals surface area contributed by atoms with Crippen LogP contribution in [-0.2, 0) is 0 Å². The monoisotopic (exact) mass is 265 g/mol. The van der Waals surface area contributed by atoms with Crippen molar-refractivity contribution >= 4 is 5.69 Å². The molecule has 0 amide bonds. The van der Waals surface area contributed by atoms with E-state index in [1.165, 1.54) is 31.5 Å². The summed E-state index contributed by atoms with van der Waals surface area (Å²) in [5.74, 6) is 0.487. The highest BCUT2D eigenvalue weighted by atomic mass is 16.6. The van der Waals surface area contributed by atoms with Crippen LogP contribution in [0.1, 0.15) is 31.2 Å². The first-order chi connectivity index (χ1) is 9.16. The summed E-state index contributed by atoms with van der Waals surface area (Å²) in [7, 11) is 0. The van der Waals surface area contributed by atoms with Gasteiger partial charge in [0.1, 0.15) is 6.20 Å². The molecule has 0 saturated carbocycles. The molecular formula is C13H19N3O3. The number of hydrogen-bond donors (Lipinski definition) is 1. The second kappa shape index (κ2) is 6.47. The number of aryl methyl sites for hydroxylation is 1. The molecule has 0 aromatic carbocycles. The van der Waals surface area contributed by atoms with Crippen LogP contribution in [0.4, 0.5) is 5.69 Å². The van der Waals surface area contributed by atoms with Crippen LogP contribution in [-0.4, -0.2) is 29.1 Å². The Balaban J connectivity index is 1.83. The smallest absolute Gasteiger partial charge is 0.288 e. The van der Waals surface area contributed by atoms with Gasteiger partial charge in [0.05, 0.1) is 11.5 Å². The minimum atomic E-state index is -0.449. The Morgan fingerprint density at radius 3 is 3.05 bits per heavy atom. The zero-order valence-electron chi connectivity index (χ0n) is 11.1. The van der Waals surface area contributed by atoms with Gasteiger partial charge in [0.2, 0.25) is 5.88 Å². The third-order valence-electron chi connectivity index (χ3n) is 3.34. The van der Waals surface area contributed by atoms with Gasteiger partial charge in [-0.05, 0) is 32.7 Å². The highest BCUT2D eigenvalue weighted by Gasteiger charge is 2.14. The van der Waals surface area contributed by atoms with Crippen molar-refractivity contribution in [3.8, 4) is 5.88 Å². The molecule has 1 aromatic heterocycles. The fourth-order valence-electron chi connectivity index (χ4n) is 2.27. The number of nitro groups is 1. The Hall–Kier alpha value is -1.69. The number of ether oxygens (including phenoxy) is 1. The SMILES string of the molecule is Cc1cc([N+](=O)[O-])cnc1OCCC1CCCCN1. The van der Waals surface area contributed by atoms with Crippen LogP contribution in [0.3, 0.4) is 0 Å². The minimum absolute atomic E-state index is 0.00111. The van der Waals surface area contributed by atoms with Crippen molar-refractivity contribution in [3.63, 3.8) is 0 Å². The maximum absolute atomic E-state index is 10.6. The van der Waals surface area contributed by atoms with Crippen molar-refractivity contribution in [3.05, 3.63) is 27.9 Å². The van der Waals surface area contributed by atoms with Crippen LogP contribution in [0.5, 0.6) is 5.88 Å². The molecule has 6 heteroatoms. The van der Waals surface area contributed by atoms with Gasteiger partial charge in [0.15, 0.2) is 0 Å². The topological polar surface area (TPSA) is 77.3 Å². The Kier molecular flexibility index (Phi) is 4.68. The lowest BCUT2D eigenvalue weighted by Gasteiger charge is -2.23. The quantitative estimate of drug-likeness (QED) is 0.652. The molecule has 19 heavy (non-hydrogen) atoms. The van der Waals surface area contributed by atoms with E-state index in [2.05, 4.69) is 10.3 Å². The summed E-state index contributed by atoms with van der Waals surface area (Å²) in [6.45, 7) is 3.44. The molecule has 1 fully saturated rings. The van der Waals surface area contributed by atoms with E-state index in [4.69, 9.17) is 4.74 Å². The van der Waals surface area contributed by atoms with E-state index in [0.717, 1.165) is 13.0 Å². The zero-order chi connectivity index (χ0) is 13.7. The van der Waals surface area contributed by atoms with Crippen LogP contribution < -0.4 is 10.1 Å². The standard InChI is InChI=1S/C13H19N3O3/c1-10-8-12(16(17)18)9-15-13(10)19-7-5-11-4-2-3-6-14-11/h8-9,11,14H,2-7H2,1H3. The summed E-state index contributed by atoms with van der Waals surface area (Å²) in [4.78, 5) is 14.2. The molecule has 0 spiro atoms. The maximum Gasteiger partial charge on any atom is 0.288 e. The summed E-state index contributed by atoms with van der Waals surface area (Å²) in [6.07, 6.45) is 5.89. The highest BCUT2D eigenvalue weighted by molar-refractivity contribution is 5.36. The van der Waals surface area contributed by atoms with Crippen LogP contribution in [0.15, 0.2) is 12.3 Å². The molecule has 6 nitrogen and oxygen atoms in total. The van der Waals surface area contributed by atoms with E-state index in [9.17, 15) is 10.1 Å². The minimum Gasteiger partial charge on any atom is -0.477 e. The summed E-state index contributed by atoms with van der Waals surface area (Å²) >= 11 is 0. The second-order valence-corrected chi connectivity index (χ2v) is 4.86. The Morgan fingerprint density at radius 2 is 2.42 bits per heavy atom. The summed E-state index contributed by atoms with van der Waals surface area (Å²) < 4.78 is 5.60. The van der Waals surface area contributed by atoms with Crippen molar-refractivity contribution in [2.75, 3.05) is 13.2 Å². The van der Waals surface area contributed by atoms with Crippen molar-refractivity contribution in [1.82, 2.24) is 10.3 Å². The first-order valence-electron chi connectivity index (χ1n) is 6.64. The number of nitrogens with one attached hydrogen (secondary N) is 1. The number of hydrogen-bond acceptors (Lipinski definition) is 5. The zero-order valence-corrected chi connectivity index (χ0v) is 11.1. The lowest BCUT2D eigenvalue weighted by molar-refractivity contribution is -0.385. The Labute approximate surface area is 112 Å². The molecule has 0 bridgehead atoms. The lowest BCUT2D eigenvalue weighted by Crippen LogP contribution is -2.35. The number of aromatic nitrogens is 1. The van der Waals surface area contributed by atoms with Crippen LogP contribution in [0, 0.1) is 17.0 Å². The van der Waals surface area contributed by atoms with Crippen molar-refractivity contribution in [2.24, 2.45) is 0 Å². The number of piperidine rings is 1. The first kappa shape index (κ1) is 13.7. The molecule has 2 rings (SSSR count). The molecule has 1 saturated heterocycles. The van der Waals surface area contributed by atoms with E-state index < -0.39 is 4.92 Å². The third kappa shape index (κ3) is 3.89.